The normalized spacial score (nSPS) is 10.2. The molecule has 0 saturated carbocycles. The molecule has 3 rings (SSSR count). The van der Waals surface area contributed by atoms with E-state index >= 15 is 0 Å². The van der Waals surface area contributed by atoms with Crippen molar-refractivity contribution < 1.29 is 14.3 Å². The fraction of sp³-hybridized carbons (Fsp3) is 0.190. The third-order valence-electron chi connectivity index (χ3n) is 4.50. The number of hydrogen-bond acceptors (Lipinski definition) is 4. The van der Waals surface area contributed by atoms with Crippen molar-refractivity contribution >= 4 is 35.0 Å². The highest BCUT2D eigenvalue weighted by Gasteiger charge is 2.16. The van der Waals surface area contributed by atoms with E-state index in [-0.39, 0.29) is 36.0 Å². The monoisotopic (exact) mass is 430 g/mol. The predicted molar refractivity (Wildman–Crippen MR) is 119 cm³/mol. The maximum Gasteiger partial charge on any atom is 0.282 e. The lowest BCUT2D eigenvalue weighted by molar-refractivity contribution is 0.100. The predicted octanol–water partition coefficient (Wildman–Crippen LogP) is 2.21. The Morgan fingerprint density at radius 2 is 1.73 bits per heavy atom. The summed E-state index contributed by atoms with van der Waals surface area (Å²) in [6.45, 7) is 2.11. The summed E-state index contributed by atoms with van der Waals surface area (Å²) in [5.74, 6) is 0.183. The van der Waals surface area contributed by atoms with Gasteiger partial charge in [-0.2, -0.15) is 4.99 Å². The van der Waals surface area contributed by atoms with Crippen LogP contribution in [0.25, 0.3) is 10.8 Å². The van der Waals surface area contributed by atoms with Gasteiger partial charge >= 0.3 is 0 Å². The number of aliphatic imine (C=N–C) groups is 1. The average molecular weight is 431 g/mol. The summed E-state index contributed by atoms with van der Waals surface area (Å²) < 4.78 is 12.0. The number of hydrogen-bond donors (Lipinski definition) is 2. The molecule has 158 valence electrons. The molecule has 1 heterocycles. The van der Waals surface area contributed by atoms with Gasteiger partial charge in [0.05, 0.1) is 26.3 Å². The quantitative estimate of drug-likeness (QED) is 0.472. The first-order valence-electron chi connectivity index (χ1n) is 8.82. The van der Waals surface area contributed by atoms with E-state index < -0.39 is 5.91 Å². The third-order valence-corrected chi connectivity index (χ3v) is 4.50. The Morgan fingerprint density at radius 1 is 1.03 bits per heavy atom. The number of carbonyl (C=O) groups is 1. The van der Waals surface area contributed by atoms with Crippen LogP contribution in [-0.2, 0) is 6.54 Å². The molecule has 0 spiro atoms. The molecule has 1 amide bonds. The Balaban J connectivity index is 0.00000320. The molecule has 2 aromatic carbocycles. The van der Waals surface area contributed by atoms with Crippen molar-refractivity contribution in [1.82, 2.24) is 4.57 Å². The second-order valence-electron chi connectivity index (χ2n) is 6.56. The van der Waals surface area contributed by atoms with Crippen LogP contribution in [0, 0.1) is 6.92 Å². The maximum absolute atomic E-state index is 13.0. The molecule has 0 bridgehead atoms. The first-order chi connectivity index (χ1) is 13.8. The summed E-state index contributed by atoms with van der Waals surface area (Å²) in [4.78, 5) is 29.2. The van der Waals surface area contributed by atoms with Gasteiger partial charge in [0, 0.05) is 17.0 Å². The van der Waals surface area contributed by atoms with Crippen molar-refractivity contribution in [2.24, 2.45) is 16.5 Å². The number of nitrogens with two attached hydrogens (primary N) is 2. The van der Waals surface area contributed by atoms with Gasteiger partial charge in [0.1, 0.15) is 0 Å². The lowest BCUT2D eigenvalue weighted by Crippen LogP contribution is -2.26. The Morgan fingerprint density at radius 3 is 2.37 bits per heavy atom. The van der Waals surface area contributed by atoms with Crippen LogP contribution in [-0.4, -0.2) is 30.7 Å². The van der Waals surface area contributed by atoms with Gasteiger partial charge in [-0.25, -0.2) is 0 Å². The van der Waals surface area contributed by atoms with Gasteiger partial charge in [0.2, 0.25) is 0 Å². The molecular formula is C21H23ClN4O4. The molecule has 0 saturated heterocycles. The highest BCUT2D eigenvalue weighted by Crippen LogP contribution is 2.28. The number of ether oxygens (including phenoxy) is 2. The van der Waals surface area contributed by atoms with E-state index in [4.69, 9.17) is 20.9 Å². The second-order valence-corrected chi connectivity index (χ2v) is 6.56. The summed E-state index contributed by atoms with van der Waals surface area (Å²) in [5.41, 5.74) is 12.5. The largest absolute Gasteiger partial charge is 0.493 e. The number of aromatic nitrogens is 1. The molecule has 0 aliphatic carbocycles. The molecule has 9 heteroatoms. The summed E-state index contributed by atoms with van der Waals surface area (Å²) >= 11 is 0. The maximum atomic E-state index is 13.0. The van der Waals surface area contributed by atoms with Gasteiger partial charge in [-0.05, 0) is 30.7 Å². The second kappa shape index (κ2) is 9.32. The van der Waals surface area contributed by atoms with Crippen molar-refractivity contribution in [3.63, 3.8) is 0 Å². The topological polar surface area (TPSA) is 122 Å². The summed E-state index contributed by atoms with van der Waals surface area (Å²) in [6, 6.07) is 10.7. The van der Waals surface area contributed by atoms with Gasteiger partial charge in [-0.3, -0.25) is 9.59 Å². The minimum Gasteiger partial charge on any atom is -0.493 e. The van der Waals surface area contributed by atoms with Crippen molar-refractivity contribution in [3.8, 4) is 11.5 Å². The first kappa shape index (κ1) is 22.8. The SMILES string of the molecule is COc1ccc(Cn2cc(C(=O)N=C(N)N)c3cc(C)ccc3c2=O)cc1OC.Cl. The first-order valence-corrected chi connectivity index (χ1v) is 8.82. The molecular weight excluding hydrogens is 408 g/mol. The molecule has 3 aromatic rings. The van der Waals surface area contributed by atoms with Crippen LogP contribution in [0.5, 0.6) is 11.5 Å². The molecule has 8 nitrogen and oxygen atoms in total. The van der Waals surface area contributed by atoms with E-state index in [1.807, 2.05) is 19.1 Å². The van der Waals surface area contributed by atoms with E-state index in [0.717, 1.165) is 11.1 Å². The highest BCUT2D eigenvalue weighted by atomic mass is 35.5. The van der Waals surface area contributed by atoms with Crippen molar-refractivity contribution in [2.75, 3.05) is 14.2 Å². The number of pyridine rings is 1. The standard InChI is InChI=1S/C21H22N4O4.ClH/c1-12-4-6-14-15(8-12)16(19(26)24-21(22)23)11-25(20(14)27)10-13-5-7-17(28-2)18(9-13)29-3;/h4-9,11H,10H2,1-3H3,(H4,22,23,24,26);1H. The van der Waals surface area contributed by atoms with Crippen LogP contribution in [0.2, 0.25) is 0 Å². The lowest BCUT2D eigenvalue weighted by Gasteiger charge is -2.13. The van der Waals surface area contributed by atoms with Crippen LogP contribution in [0.3, 0.4) is 0 Å². The van der Waals surface area contributed by atoms with Gasteiger partial charge in [0.25, 0.3) is 11.5 Å². The number of aryl methyl sites for hydroxylation is 1. The Labute approximate surface area is 179 Å². The molecule has 30 heavy (non-hydrogen) atoms. The Bertz CT molecular complexity index is 1180. The van der Waals surface area contributed by atoms with E-state index in [1.165, 1.54) is 17.9 Å². The molecule has 0 radical (unpaired) electrons. The molecule has 0 aliphatic heterocycles. The lowest BCUT2D eigenvalue weighted by atomic mass is 10.0. The Hall–Kier alpha value is -3.52. The van der Waals surface area contributed by atoms with Crippen LogP contribution >= 0.6 is 12.4 Å². The van der Waals surface area contributed by atoms with Crippen LogP contribution < -0.4 is 26.5 Å². The number of benzene rings is 2. The van der Waals surface area contributed by atoms with Crippen LogP contribution in [0.1, 0.15) is 21.5 Å². The van der Waals surface area contributed by atoms with Crippen LogP contribution in [0.4, 0.5) is 0 Å². The number of halogens is 1. The van der Waals surface area contributed by atoms with Gasteiger partial charge < -0.3 is 25.5 Å². The van der Waals surface area contributed by atoms with Crippen molar-refractivity contribution in [1.29, 1.82) is 0 Å². The fourth-order valence-electron chi connectivity index (χ4n) is 3.15. The Kier molecular flexibility index (Phi) is 7.07. The molecule has 0 aliphatic rings. The number of guanidine groups is 1. The highest BCUT2D eigenvalue weighted by molar-refractivity contribution is 6.10. The number of carbonyl (C=O) groups excluding carboxylic acids is 1. The van der Waals surface area contributed by atoms with Gasteiger partial charge in [-0.15, -0.1) is 12.4 Å². The molecule has 0 atom stereocenters. The fourth-order valence-corrected chi connectivity index (χ4v) is 3.15. The number of rotatable bonds is 5. The van der Waals surface area contributed by atoms with E-state index in [2.05, 4.69) is 4.99 Å². The minimum atomic E-state index is -0.610. The average Bonchev–Trinajstić information content (AvgIpc) is 2.69. The number of methoxy groups -OCH3 is 2. The summed E-state index contributed by atoms with van der Waals surface area (Å²) in [6.07, 6.45) is 1.48. The minimum absolute atomic E-state index is 0. The zero-order valence-electron chi connectivity index (χ0n) is 16.8. The van der Waals surface area contributed by atoms with E-state index in [0.29, 0.717) is 22.3 Å². The van der Waals surface area contributed by atoms with Gasteiger partial charge in [-0.1, -0.05) is 23.8 Å². The van der Waals surface area contributed by atoms with E-state index in [9.17, 15) is 9.59 Å². The number of fused-ring (bicyclic) bond motifs is 1. The zero-order chi connectivity index (χ0) is 21.1. The zero-order valence-corrected chi connectivity index (χ0v) is 17.7. The number of nitrogens with zero attached hydrogens (tertiary/aromatic N) is 2. The molecule has 0 unspecified atom stereocenters. The molecule has 0 fully saturated rings. The van der Waals surface area contributed by atoms with Crippen molar-refractivity contribution in [2.45, 2.75) is 13.5 Å². The molecule has 4 N–H and O–H groups in total. The van der Waals surface area contributed by atoms with E-state index in [1.54, 1.807) is 31.4 Å². The van der Waals surface area contributed by atoms with Gasteiger partial charge in [0.15, 0.2) is 17.5 Å². The summed E-state index contributed by atoms with van der Waals surface area (Å²) in [5, 5.41) is 0.918. The van der Waals surface area contributed by atoms with Crippen LogP contribution in [0.15, 0.2) is 52.4 Å². The third kappa shape index (κ3) is 4.55. The number of amides is 1. The summed E-state index contributed by atoms with van der Waals surface area (Å²) in [7, 11) is 3.09. The van der Waals surface area contributed by atoms with Crippen molar-refractivity contribution in [3.05, 3.63) is 69.6 Å². The molecule has 1 aromatic heterocycles. The smallest absolute Gasteiger partial charge is 0.282 e.